The van der Waals surface area contributed by atoms with E-state index in [9.17, 15) is 31.4 Å². The van der Waals surface area contributed by atoms with Crippen molar-refractivity contribution in [3.05, 3.63) is 47.5 Å². The van der Waals surface area contributed by atoms with E-state index >= 15 is 0 Å². The third-order valence-corrected chi connectivity index (χ3v) is 3.35. The molecule has 0 aliphatic carbocycles. The van der Waals surface area contributed by atoms with Crippen molar-refractivity contribution in [2.24, 2.45) is 0 Å². The van der Waals surface area contributed by atoms with Gasteiger partial charge in [-0.2, -0.15) is 26.3 Å². The molecule has 0 heterocycles. The Kier molecular flexibility index (Phi) is 3.44. The molecule has 0 fully saturated rings. The smallest absolute Gasteiger partial charge is 0.369 e. The van der Waals surface area contributed by atoms with Gasteiger partial charge in [0.15, 0.2) is 0 Å². The molecule has 7 heteroatoms. The van der Waals surface area contributed by atoms with Crippen LogP contribution in [-0.4, -0.2) is 17.5 Å². The first kappa shape index (κ1) is 15.6. The van der Waals surface area contributed by atoms with Crippen LogP contribution >= 0.6 is 0 Å². The van der Waals surface area contributed by atoms with E-state index in [-0.39, 0.29) is 10.8 Å². The van der Waals surface area contributed by atoms with Gasteiger partial charge in [0.25, 0.3) is 5.60 Å². The Labute approximate surface area is 115 Å². The van der Waals surface area contributed by atoms with Gasteiger partial charge in [0, 0.05) is 5.56 Å². The van der Waals surface area contributed by atoms with Crippen LogP contribution in [0.3, 0.4) is 0 Å². The summed E-state index contributed by atoms with van der Waals surface area (Å²) in [5, 5.41) is 9.44. The van der Waals surface area contributed by atoms with Crippen LogP contribution in [0.5, 0.6) is 0 Å². The minimum atomic E-state index is -5.89. The number of rotatable bonds is 1. The summed E-state index contributed by atoms with van der Waals surface area (Å²) in [5.41, 5.74) is -5.61. The fourth-order valence-corrected chi connectivity index (χ4v) is 2.23. The zero-order chi connectivity index (χ0) is 16.1. The second-order valence-corrected chi connectivity index (χ2v) is 4.68. The molecule has 1 N–H and O–H groups in total. The Bertz CT molecular complexity index is 657. The van der Waals surface area contributed by atoms with E-state index in [4.69, 9.17) is 0 Å². The summed E-state index contributed by atoms with van der Waals surface area (Å²) < 4.78 is 77.7. The van der Waals surface area contributed by atoms with Crippen molar-refractivity contribution in [2.45, 2.75) is 24.9 Å². The van der Waals surface area contributed by atoms with Crippen molar-refractivity contribution in [1.82, 2.24) is 0 Å². The van der Waals surface area contributed by atoms with Gasteiger partial charge < -0.3 is 5.11 Å². The first-order valence-corrected chi connectivity index (χ1v) is 5.85. The molecule has 2 aromatic carbocycles. The molecule has 114 valence electrons. The van der Waals surface area contributed by atoms with E-state index in [1.165, 1.54) is 18.2 Å². The molecule has 0 aliphatic rings. The number of benzene rings is 2. The molecule has 21 heavy (non-hydrogen) atoms. The van der Waals surface area contributed by atoms with Crippen LogP contribution in [-0.2, 0) is 5.60 Å². The molecule has 0 spiro atoms. The Hall–Kier alpha value is -1.76. The standard InChI is InChI=1S/C14H10F6O/c1-8-6-7-11(10-5-3-2-4-9(8)10)12(21,13(15,16)17)14(18,19)20/h2-7,21H,1H3. The van der Waals surface area contributed by atoms with Gasteiger partial charge in [-0.15, -0.1) is 0 Å². The van der Waals surface area contributed by atoms with Gasteiger partial charge in [0.2, 0.25) is 0 Å². The van der Waals surface area contributed by atoms with Crippen molar-refractivity contribution in [3.63, 3.8) is 0 Å². The zero-order valence-electron chi connectivity index (χ0n) is 10.7. The van der Waals surface area contributed by atoms with Gasteiger partial charge >= 0.3 is 12.4 Å². The van der Waals surface area contributed by atoms with Crippen LogP contribution in [0.25, 0.3) is 10.8 Å². The fourth-order valence-electron chi connectivity index (χ4n) is 2.23. The summed E-state index contributed by atoms with van der Waals surface area (Å²) >= 11 is 0. The van der Waals surface area contributed by atoms with E-state index in [0.29, 0.717) is 11.6 Å². The number of hydrogen-bond donors (Lipinski definition) is 1. The maximum Gasteiger partial charge on any atom is 0.430 e. The first-order chi connectivity index (χ1) is 9.50. The zero-order valence-corrected chi connectivity index (χ0v) is 10.7. The molecule has 0 bridgehead atoms. The van der Waals surface area contributed by atoms with Gasteiger partial charge in [-0.05, 0) is 23.3 Å². The minimum absolute atomic E-state index is 0.224. The number of aryl methyl sites for hydroxylation is 1. The Morgan fingerprint density at radius 2 is 1.24 bits per heavy atom. The van der Waals surface area contributed by atoms with Crippen LogP contribution in [0.2, 0.25) is 0 Å². The van der Waals surface area contributed by atoms with Gasteiger partial charge in [0.05, 0.1) is 0 Å². The lowest BCUT2D eigenvalue weighted by Crippen LogP contribution is -2.54. The highest BCUT2D eigenvalue weighted by atomic mass is 19.4. The monoisotopic (exact) mass is 308 g/mol. The molecule has 2 rings (SSSR count). The predicted molar refractivity (Wildman–Crippen MR) is 64.7 cm³/mol. The summed E-state index contributed by atoms with van der Waals surface area (Å²) in [4.78, 5) is 0. The van der Waals surface area contributed by atoms with E-state index in [2.05, 4.69) is 0 Å². The third-order valence-electron chi connectivity index (χ3n) is 3.35. The number of aliphatic hydroxyl groups is 1. The first-order valence-electron chi connectivity index (χ1n) is 5.85. The third kappa shape index (κ3) is 2.25. The van der Waals surface area contributed by atoms with Crippen LogP contribution in [0.15, 0.2) is 36.4 Å². The molecule has 0 unspecified atom stereocenters. The van der Waals surface area contributed by atoms with Crippen molar-refractivity contribution >= 4 is 10.8 Å². The molecule has 0 atom stereocenters. The molecule has 1 nitrogen and oxygen atoms in total. The highest BCUT2D eigenvalue weighted by Crippen LogP contribution is 2.51. The second-order valence-electron chi connectivity index (χ2n) is 4.68. The largest absolute Gasteiger partial charge is 0.430 e. The Morgan fingerprint density at radius 1 is 0.762 bits per heavy atom. The Morgan fingerprint density at radius 3 is 1.71 bits per heavy atom. The van der Waals surface area contributed by atoms with Gasteiger partial charge in [-0.25, -0.2) is 0 Å². The summed E-state index contributed by atoms with van der Waals surface area (Å²) in [5.74, 6) is 0. The average molecular weight is 308 g/mol. The topological polar surface area (TPSA) is 20.2 Å². The van der Waals surface area contributed by atoms with E-state index in [1.54, 1.807) is 6.92 Å². The molecule has 0 saturated carbocycles. The van der Waals surface area contributed by atoms with Crippen LogP contribution in [0.4, 0.5) is 26.3 Å². The summed E-state index contributed by atoms with van der Waals surface area (Å²) in [6, 6.07) is 7.14. The van der Waals surface area contributed by atoms with Crippen molar-refractivity contribution < 1.29 is 31.4 Å². The maximum absolute atomic E-state index is 12.9. The lowest BCUT2D eigenvalue weighted by Gasteiger charge is -2.33. The van der Waals surface area contributed by atoms with E-state index < -0.39 is 23.5 Å². The van der Waals surface area contributed by atoms with Gasteiger partial charge in [-0.1, -0.05) is 36.4 Å². The minimum Gasteiger partial charge on any atom is -0.369 e. The molecule has 0 saturated heterocycles. The SMILES string of the molecule is Cc1ccc(C(O)(C(F)(F)F)C(F)(F)F)c2ccccc12. The van der Waals surface area contributed by atoms with Crippen molar-refractivity contribution in [2.75, 3.05) is 0 Å². The maximum atomic E-state index is 12.9. The molecule has 2 aromatic rings. The number of hydrogen-bond acceptors (Lipinski definition) is 1. The molecular formula is C14H10F6O. The van der Waals surface area contributed by atoms with Gasteiger partial charge in [-0.3, -0.25) is 0 Å². The van der Waals surface area contributed by atoms with Crippen LogP contribution in [0.1, 0.15) is 11.1 Å². The van der Waals surface area contributed by atoms with Crippen LogP contribution in [0, 0.1) is 6.92 Å². The molecule has 0 aliphatic heterocycles. The lowest BCUT2D eigenvalue weighted by atomic mass is 9.87. The van der Waals surface area contributed by atoms with E-state index in [1.807, 2.05) is 0 Å². The lowest BCUT2D eigenvalue weighted by molar-refractivity contribution is -0.375. The van der Waals surface area contributed by atoms with Crippen molar-refractivity contribution in [1.29, 1.82) is 0 Å². The molecule has 0 radical (unpaired) electrons. The average Bonchev–Trinajstić information content (AvgIpc) is 2.36. The fraction of sp³-hybridized carbons (Fsp3) is 0.286. The summed E-state index contributed by atoms with van der Waals surface area (Å²) in [7, 11) is 0. The normalized spacial score (nSPS) is 13.7. The number of alkyl halides is 6. The van der Waals surface area contributed by atoms with E-state index in [0.717, 1.165) is 12.1 Å². The molecular weight excluding hydrogens is 298 g/mol. The van der Waals surface area contributed by atoms with Crippen LogP contribution < -0.4 is 0 Å². The summed E-state index contributed by atoms with van der Waals surface area (Å²) in [6.45, 7) is 1.56. The Balaban J connectivity index is 2.89. The molecule has 0 aromatic heterocycles. The number of fused-ring (bicyclic) bond motifs is 1. The van der Waals surface area contributed by atoms with Gasteiger partial charge in [0.1, 0.15) is 0 Å². The summed E-state index contributed by atoms with van der Waals surface area (Å²) in [6.07, 6.45) is -11.8. The van der Waals surface area contributed by atoms with Crippen molar-refractivity contribution in [3.8, 4) is 0 Å². The highest BCUT2D eigenvalue weighted by Gasteiger charge is 2.71. The highest BCUT2D eigenvalue weighted by molar-refractivity contribution is 5.89. The predicted octanol–water partition coefficient (Wildman–Crippen LogP) is 4.46. The molecule has 0 amide bonds. The second kappa shape index (κ2) is 4.62. The number of halogens is 6. The quantitative estimate of drug-likeness (QED) is 0.771.